The number of hydrogen-bond donors (Lipinski definition) is 6. The van der Waals surface area contributed by atoms with Gasteiger partial charge >= 0.3 is 5.97 Å². The van der Waals surface area contributed by atoms with Crippen LogP contribution in [0.1, 0.15) is 30.1 Å². The Bertz CT molecular complexity index is 1320. The summed E-state index contributed by atoms with van der Waals surface area (Å²) in [4.78, 5) is 52.5. The van der Waals surface area contributed by atoms with Crippen LogP contribution in [0.5, 0.6) is 11.5 Å². The summed E-state index contributed by atoms with van der Waals surface area (Å²) in [6, 6.07) is 7.76. The van der Waals surface area contributed by atoms with Crippen molar-refractivity contribution in [2.45, 2.75) is 30.4 Å². The molecule has 198 valence electrons. The number of carbonyl (C=O) groups excluding carboxylic acids is 3. The Morgan fingerprint density at radius 1 is 1.05 bits per heavy atom. The molecule has 38 heavy (non-hydrogen) atoms. The molecular weight excluding hydrogens is 512 g/mol. The highest BCUT2D eigenvalue weighted by Crippen LogP contribution is 2.41. The highest BCUT2D eigenvalue weighted by Gasteiger charge is 2.54. The first-order valence-corrected chi connectivity index (χ1v) is 12.6. The molecule has 1 fully saturated rings. The fourth-order valence-electron chi connectivity index (χ4n) is 4.22. The molecule has 0 aliphatic carbocycles. The maximum atomic E-state index is 13.4. The van der Waals surface area contributed by atoms with Crippen LogP contribution in [0.15, 0.2) is 72.0 Å². The number of carboxylic acids is 1. The van der Waals surface area contributed by atoms with Gasteiger partial charge in [-0.05, 0) is 47.9 Å². The van der Waals surface area contributed by atoms with Crippen LogP contribution in [0.25, 0.3) is 0 Å². The van der Waals surface area contributed by atoms with Crippen molar-refractivity contribution >= 4 is 35.5 Å². The normalized spacial score (nSPS) is 20.4. The van der Waals surface area contributed by atoms with Gasteiger partial charge in [0, 0.05) is 5.75 Å². The Kier molecular flexibility index (Phi) is 7.74. The number of aliphatic carboxylic acids is 1. The zero-order chi connectivity index (χ0) is 27.6. The predicted octanol–water partition coefficient (Wildman–Crippen LogP) is 1.27. The summed E-state index contributed by atoms with van der Waals surface area (Å²) in [6.45, 7) is 1.75. The standard InChI is InChI=1S/C26H26N4O7S/c1-2-3-15-12-38-25-20(29-22(33)18(27)13-4-8-16(31)9-5-13)24(35)30(25)21(15)23(34)28-19(26(36)37)14-6-10-17(32)11-7-14/h2-11,18-20,25,31-32H,12,27H2,1H3,(H,28,34)(H,29,33)(H,36,37)/b3-2-/t18-,19-,20-,25-/m1/s1. The van der Waals surface area contributed by atoms with Crippen molar-refractivity contribution in [1.82, 2.24) is 15.5 Å². The lowest BCUT2D eigenvalue weighted by Crippen LogP contribution is -2.71. The number of nitrogens with one attached hydrogen (secondary N) is 2. The number of carbonyl (C=O) groups is 4. The number of nitrogens with zero attached hydrogens (tertiary/aromatic N) is 1. The fraction of sp³-hybridized carbons (Fsp3) is 0.231. The first kappa shape index (κ1) is 26.8. The van der Waals surface area contributed by atoms with E-state index < -0.39 is 47.2 Å². The number of nitrogens with two attached hydrogens (primary N) is 1. The Morgan fingerprint density at radius 2 is 1.63 bits per heavy atom. The van der Waals surface area contributed by atoms with Gasteiger partial charge in [0.1, 0.15) is 34.7 Å². The van der Waals surface area contributed by atoms with Gasteiger partial charge < -0.3 is 31.7 Å². The lowest BCUT2D eigenvalue weighted by Gasteiger charge is -2.50. The highest BCUT2D eigenvalue weighted by molar-refractivity contribution is 8.00. The maximum absolute atomic E-state index is 13.4. The summed E-state index contributed by atoms with van der Waals surface area (Å²) in [5, 5.41) is 33.2. The minimum Gasteiger partial charge on any atom is -0.508 e. The van der Waals surface area contributed by atoms with Gasteiger partial charge in [0.25, 0.3) is 11.8 Å². The SMILES string of the molecule is C/C=C\C1=C(C(=O)N[C@@H](C(=O)O)c2ccc(O)cc2)N2C(=O)[C@@H](NC(=O)[C@H](N)c3ccc(O)cc3)[C@H]2SC1. The number of phenolic OH excluding ortho intramolecular Hbond substituents is 2. The summed E-state index contributed by atoms with van der Waals surface area (Å²) in [6.07, 6.45) is 3.38. The molecule has 0 aromatic heterocycles. The van der Waals surface area contributed by atoms with Crippen LogP contribution in [0, 0.1) is 0 Å². The third-order valence-electron chi connectivity index (χ3n) is 6.16. The number of aromatic hydroxyl groups is 2. The largest absolute Gasteiger partial charge is 0.508 e. The Balaban J connectivity index is 1.53. The van der Waals surface area contributed by atoms with Gasteiger partial charge in [-0.15, -0.1) is 11.8 Å². The van der Waals surface area contributed by atoms with Gasteiger partial charge in [-0.2, -0.15) is 0 Å². The van der Waals surface area contributed by atoms with Crippen LogP contribution in [0.3, 0.4) is 0 Å². The van der Waals surface area contributed by atoms with Crippen molar-refractivity contribution in [3.63, 3.8) is 0 Å². The molecule has 4 atom stereocenters. The molecule has 2 aromatic carbocycles. The van der Waals surface area contributed by atoms with E-state index in [-0.39, 0.29) is 22.8 Å². The number of carboxylic acid groups (broad SMARTS) is 1. The van der Waals surface area contributed by atoms with E-state index in [4.69, 9.17) is 5.73 Å². The second kappa shape index (κ2) is 11.0. The highest BCUT2D eigenvalue weighted by atomic mass is 32.2. The van der Waals surface area contributed by atoms with Crippen LogP contribution in [0.4, 0.5) is 0 Å². The number of benzene rings is 2. The van der Waals surface area contributed by atoms with E-state index in [1.807, 2.05) is 0 Å². The van der Waals surface area contributed by atoms with Crippen molar-refractivity contribution in [2.75, 3.05) is 5.75 Å². The number of fused-ring (bicyclic) bond motifs is 1. The topological polar surface area (TPSA) is 182 Å². The van der Waals surface area contributed by atoms with E-state index >= 15 is 0 Å². The fourth-order valence-corrected chi connectivity index (χ4v) is 5.54. The summed E-state index contributed by atoms with van der Waals surface area (Å²) < 4.78 is 0. The number of thioether (sulfide) groups is 1. The third kappa shape index (κ3) is 5.22. The van der Waals surface area contributed by atoms with E-state index in [1.54, 1.807) is 19.1 Å². The van der Waals surface area contributed by atoms with Gasteiger partial charge in [0.15, 0.2) is 6.04 Å². The molecule has 2 heterocycles. The molecule has 11 nitrogen and oxygen atoms in total. The zero-order valence-electron chi connectivity index (χ0n) is 20.2. The zero-order valence-corrected chi connectivity index (χ0v) is 21.0. The second-order valence-electron chi connectivity index (χ2n) is 8.68. The number of amides is 3. The van der Waals surface area contributed by atoms with Crippen LogP contribution in [0.2, 0.25) is 0 Å². The molecule has 0 bridgehead atoms. The van der Waals surface area contributed by atoms with Crippen LogP contribution in [-0.2, 0) is 19.2 Å². The average Bonchev–Trinajstić information content (AvgIpc) is 2.90. The molecule has 2 aromatic rings. The molecule has 2 aliphatic heterocycles. The van der Waals surface area contributed by atoms with Gasteiger partial charge in [-0.25, -0.2) is 4.79 Å². The van der Waals surface area contributed by atoms with Crippen molar-refractivity contribution in [3.05, 3.63) is 83.1 Å². The molecule has 0 radical (unpaired) electrons. The average molecular weight is 539 g/mol. The molecule has 1 saturated heterocycles. The third-order valence-corrected chi connectivity index (χ3v) is 7.46. The van der Waals surface area contributed by atoms with Crippen LogP contribution in [-0.4, -0.2) is 61.1 Å². The number of rotatable bonds is 8. The summed E-state index contributed by atoms with van der Waals surface area (Å²) >= 11 is 1.35. The molecule has 0 unspecified atom stereocenters. The monoisotopic (exact) mass is 538 g/mol. The minimum absolute atomic E-state index is 0.00945. The van der Waals surface area contributed by atoms with Crippen molar-refractivity contribution in [1.29, 1.82) is 0 Å². The van der Waals surface area contributed by atoms with E-state index in [0.29, 0.717) is 16.9 Å². The van der Waals surface area contributed by atoms with Crippen LogP contribution < -0.4 is 16.4 Å². The maximum Gasteiger partial charge on any atom is 0.330 e. The lowest BCUT2D eigenvalue weighted by molar-refractivity contribution is -0.148. The predicted molar refractivity (Wildman–Crippen MR) is 139 cm³/mol. The quantitative estimate of drug-likeness (QED) is 0.270. The van der Waals surface area contributed by atoms with Crippen LogP contribution >= 0.6 is 11.8 Å². The Hall–Kier alpha value is -4.29. The second-order valence-corrected chi connectivity index (χ2v) is 9.78. The van der Waals surface area contributed by atoms with Crippen molar-refractivity contribution in [2.24, 2.45) is 5.73 Å². The number of allylic oxidation sites excluding steroid dienone is 2. The van der Waals surface area contributed by atoms with E-state index in [0.717, 1.165) is 0 Å². The smallest absolute Gasteiger partial charge is 0.330 e. The number of hydrogen-bond acceptors (Lipinski definition) is 8. The lowest BCUT2D eigenvalue weighted by atomic mass is 10.00. The van der Waals surface area contributed by atoms with E-state index in [1.165, 1.54) is 65.2 Å². The van der Waals surface area contributed by atoms with E-state index in [9.17, 15) is 34.5 Å². The van der Waals surface area contributed by atoms with Gasteiger partial charge in [-0.1, -0.05) is 36.4 Å². The molecule has 0 spiro atoms. The number of β-lactam (4-membered cyclic amide) rings is 1. The minimum atomic E-state index is -1.43. The Labute approximate surface area is 222 Å². The molecule has 7 N–H and O–H groups in total. The number of phenols is 2. The first-order chi connectivity index (χ1) is 18.1. The molecule has 4 rings (SSSR count). The van der Waals surface area contributed by atoms with Gasteiger partial charge in [0.05, 0.1) is 0 Å². The molecule has 0 saturated carbocycles. The Morgan fingerprint density at radius 3 is 2.18 bits per heavy atom. The molecule has 12 heteroatoms. The first-order valence-electron chi connectivity index (χ1n) is 11.6. The van der Waals surface area contributed by atoms with Crippen molar-refractivity contribution < 1.29 is 34.5 Å². The van der Waals surface area contributed by atoms with Gasteiger partial charge in [-0.3, -0.25) is 19.3 Å². The van der Waals surface area contributed by atoms with Gasteiger partial charge in [0.2, 0.25) is 5.91 Å². The molecular formula is C26H26N4O7S. The molecule has 3 amide bonds. The van der Waals surface area contributed by atoms with E-state index in [2.05, 4.69) is 10.6 Å². The summed E-state index contributed by atoms with van der Waals surface area (Å²) in [7, 11) is 0. The summed E-state index contributed by atoms with van der Waals surface area (Å²) in [5.74, 6) is -2.90. The molecule has 2 aliphatic rings. The summed E-state index contributed by atoms with van der Waals surface area (Å²) in [5.41, 5.74) is 7.26. The van der Waals surface area contributed by atoms with Crippen molar-refractivity contribution in [3.8, 4) is 11.5 Å².